The van der Waals surface area contributed by atoms with E-state index in [4.69, 9.17) is 9.84 Å². The van der Waals surface area contributed by atoms with E-state index in [-0.39, 0.29) is 5.91 Å². The molecule has 0 atom stereocenters. The fourth-order valence-corrected chi connectivity index (χ4v) is 2.08. The number of amides is 1. The van der Waals surface area contributed by atoms with E-state index in [9.17, 15) is 9.59 Å². The van der Waals surface area contributed by atoms with Crippen molar-refractivity contribution in [2.45, 2.75) is 44.6 Å². The summed E-state index contributed by atoms with van der Waals surface area (Å²) >= 11 is 0. The Morgan fingerprint density at radius 2 is 1.95 bits per heavy atom. The van der Waals surface area contributed by atoms with Gasteiger partial charge in [0.25, 0.3) is 0 Å². The van der Waals surface area contributed by atoms with Gasteiger partial charge in [-0.1, -0.05) is 19.1 Å². The Hall–Kier alpha value is -2.04. The minimum absolute atomic E-state index is 0.207. The van der Waals surface area contributed by atoms with Crippen LogP contribution < -0.4 is 10.1 Å². The van der Waals surface area contributed by atoms with E-state index in [1.165, 1.54) is 0 Å². The summed E-state index contributed by atoms with van der Waals surface area (Å²) in [5, 5.41) is 11.6. The van der Waals surface area contributed by atoms with E-state index in [1.54, 1.807) is 0 Å². The van der Waals surface area contributed by atoms with E-state index in [0.29, 0.717) is 32.3 Å². The number of carboxylic acid groups (broad SMARTS) is 1. The number of carboxylic acids is 1. The van der Waals surface area contributed by atoms with E-state index >= 15 is 0 Å². The number of hydrogen-bond donors (Lipinski definition) is 2. The second kappa shape index (κ2) is 6.61. The van der Waals surface area contributed by atoms with E-state index in [0.717, 1.165) is 17.7 Å². The molecular weight excluding hydrogens is 270 g/mol. The van der Waals surface area contributed by atoms with E-state index in [1.807, 2.05) is 24.3 Å². The molecule has 0 aliphatic heterocycles. The summed E-state index contributed by atoms with van der Waals surface area (Å²) in [6.07, 6.45) is 2.90. The van der Waals surface area contributed by atoms with Crippen LogP contribution in [0.4, 0.5) is 0 Å². The number of carbonyl (C=O) groups excluding carboxylic acids is 1. The molecule has 1 amide bonds. The molecule has 2 N–H and O–H groups in total. The van der Waals surface area contributed by atoms with Gasteiger partial charge in [0, 0.05) is 6.42 Å². The van der Waals surface area contributed by atoms with Gasteiger partial charge in [0.05, 0.1) is 6.61 Å². The maximum absolute atomic E-state index is 11.8. The molecule has 0 unspecified atom stereocenters. The van der Waals surface area contributed by atoms with Crippen molar-refractivity contribution in [2.24, 2.45) is 0 Å². The van der Waals surface area contributed by atoms with Crippen molar-refractivity contribution in [3.05, 3.63) is 29.8 Å². The number of hydrogen-bond acceptors (Lipinski definition) is 3. The van der Waals surface area contributed by atoms with Crippen LogP contribution >= 0.6 is 0 Å². The topological polar surface area (TPSA) is 75.6 Å². The Morgan fingerprint density at radius 3 is 2.48 bits per heavy atom. The fraction of sp³-hybridized carbons (Fsp3) is 0.500. The minimum Gasteiger partial charge on any atom is -0.494 e. The highest BCUT2D eigenvalue weighted by Gasteiger charge is 2.51. The quantitative estimate of drug-likeness (QED) is 0.769. The van der Waals surface area contributed by atoms with Crippen molar-refractivity contribution in [1.29, 1.82) is 0 Å². The van der Waals surface area contributed by atoms with Gasteiger partial charge in [-0.05, 0) is 43.4 Å². The first-order valence-corrected chi connectivity index (χ1v) is 7.32. The summed E-state index contributed by atoms with van der Waals surface area (Å²) in [7, 11) is 0. The highest BCUT2D eigenvalue weighted by Crippen LogP contribution is 2.35. The van der Waals surface area contributed by atoms with Gasteiger partial charge in [0.15, 0.2) is 0 Å². The number of carbonyl (C=O) groups is 2. The summed E-state index contributed by atoms with van der Waals surface area (Å²) < 4.78 is 5.49. The number of rotatable bonds is 8. The van der Waals surface area contributed by atoms with Gasteiger partial charge in [-0.3, -0.25) is 4.79 Å². The van der Waals surface area contributed by atoms with Crippen molar-refractivity contribution in [3.8, 4) is 5.75 Å². The van der Waals surface area contributed by atoms with Crippen LogP contribution in [0.15, 0.2) is 24.3 Å². The standard InChI is InChI=1S/C16H21NO4/c1-2-11-21-13-6-3-12(4-7-13)5-8-14(18)17-16(9-10-16)15(19)20/h3-4,6-7H,2,5,8-11H2,1H3,(H,17,18)(H,19,20). The third-order valence-electron chi connectivity index (χ3n) is 3.58. The Balaban J connectivity index is 1.77. The number of ether oxygens (including phenoxy) is 1. The normalized spacial score (nSPS) is 15.3. The van der Waals surface area contributed by atoms with Crippen LogP contribution in [-0.4, -0.2) is 29.1 Å². The number of nitrogens with one attached hydrogen (secondary N) is 1. The van der Waals surface area contributed by atoms with Crippen LogP contribution in [0.1, 0.15) is 38.2 Å². The predicted molar refractivity (Wildman–Crippen MR) is 78.3 cm³/mol. The molecule has 1 aliphatic rings. The van der Waals surface area contributed by atoms with Crippen molar-refractivity contribution >= 4 is 11.9 Å². The molecule has 114 valence electrons. The highest BCUT2D eigenvalue weighted by molar-refractivity contribution is 5.89. The van der Waals surface area contributed by atoms with Gasteiger partial charge in [0.1, 0.15) is 11.3 Å². The number of benzene rings is 1. The molecule has 0 spiro atoms. The molecule has 5 heteroatoms. The first kappa shape index (κ1) is 15.4. The first-order chi connectivity index (χ1) is 10.1. The smallest absolute Gasteiger partial charge is 0.329 e. The van der Waals surface area contributed by atoms with Crippen molar-refractivity contribution in [2.75, 3.05) is 6.61 Å². The van der Waals surface area contributed by atoms with Crippen LogP contribution in [0.5, 0.6) is 5.75 Å². The fourth-order valence-electron chi connectivity index (χ4n) is 2.08. The average molecular weight is 291 g/mol. The van der Waals surface area contributed by atoms with Crippen LogP contribution in [-0.2, 0) is 16.0 Å². The lowest BCUT2D eigenvalue weighted by Gasteiger charge is -2.12. The lowest BCUT2D eigenvalue weighted by atomic mass is 10.1. The summed E-state index contributed by atoms with van der Waals surface area (Å²) in [6, 6.07) is 7.65. The summed E-state index contributed by atoms with van der Waals surface area (Å²) in [5.41, 5.74) is 0.0451. The summed E-state index contributed by atoms with van der Waals surface area (Å²) in [5.74, 6) is -0.317. The summed E-state index contributed by atoms with van der Waals surface area (Å²) in [4.78, 5) is 22.8. The zero-order chi connectivity index (χ0) is 15.3. The number of aryl methyl sites for hydroxylation is 1. The lowest BCUT2D eigenvalue weighted by Crippen LogP contribution is -2.43. The van der Waals surface area contributed by atoms with Gasteiger partial charge in [-0.2, -0.15) is 0 Å². The van der Waals surface area contributed by atoms with Crippen molar-refractivity contribution in [3.63, 3.8) is 0 Å². The zero-order valence-corrected chi connectivity index (χ0v) is 12.2. The van der Waals surface area contributed by atoms with E-state index in [2.05, 4.69) is 12.2 Å². The van der Waals surface area contributed by atoms with Crippen LogP contribution in [0.3, 0.4) is 0 Å². The molecule has 2 rings (SSSR count). The van der Waals surface area contributed by atoms with Gasteiger partial charge in [0.2, 0.25) is 5.91 Å². The molecule has 0 radical (unpaired) electrons. The maximum atomic E-state index is 11.8. The van der Waals surface area contributed by atoms with Gasteiger partial charge in [-0.25, -0.2) is 4.79 Å². The first-order valence-electron chi connectivity index (χ1n) is 7.32. The Labute approximate surface area is 124 Å². The largest absolute Gasteiger partial charge is 0.494 e. The third-order valence-corrected chi connectivity index (χ3v) is 3.58. The third kappa shape index (κ3) is 4.21. The second-order valence-corrected chi connectivity index (χ2v) is 5.43. The molecule has 1 aliphatic carbocycles. The zero-order valence-electron chi connectivity index (χ0n) is 12.2. The molecule has 21 heavy (non-hydrogen) atoms. The molecule has 1 aromatic rings. The van der Waals surface area contributed by atoms with Gasteiger partial charge in [-0.15, -0.1) is 0 Å². The molecule has 0 aromatic heterocycles. The molecule has 1 saturated carbocycles. The monoisotopic (exact) mass is 291 g/mol. The van der Waals surface area contributed by atoms with Crippen LogP contribution in [0.2, 0.25) is 0 Å². The molecule has 5 nitrogen and oxygen atoms in total. The highest BCUT2D eigenvalue weighted by atomic mass is 16.5. The predicted octanol–water partition coefficient (Wildman–Crippen LogP) is 2.14. The minimum atomic E-state index is -0.991. The Morgan fingerprint density at radius 1 is 1.29 bits per heavy atom. The van der Waals surface area contributed by atoms with Gasteiger partial charge < -0.3 is 15.2 Å². The molecule has 1 aromatic carbocycles. The average Bonchev–Trinajstić information content (AvgIpc) is 3.25. The van der Waals surface area contributed by atoms with E-state index < -0.39 is 11.5 Å². The molecular formula is C16H21NO4. The molecule has 0 heterocycles. The molecule has 0 saturated heterocycles. The SMILES string of the molecule is CCCOc1ccc(CCC(=O)NC2(C(=O)O)CC2)cc1. The van der Waals surface area contributed by atoms with Crippen LogP contribution in [0.25, 0.3) is 0 Å². The molecule has 1 fully saturated rings. The Kier molecular flexibility index (Phi) is 4.83. The Bertz CT molecular complexity index is 506. The molecule has 0 bridgehead atoms. The number of aliphatic carboxylic acids is 1. The lowest BCUT2D eigenvalue weighted by molar-refractivity contribution is -0.143. The van der Waals surface area contributed by atoms with Crippen molar-refractivity contribution < 1.29 is 19.4 Å². The van der Waals surface area contributed by atoms with Crippen molar-refractivity contribution in [1.82, 2.24) is 5.32 Å². The van der Waals surface area contributed by atoms with Gasteiger partial charge >= 0.3 is 5.97 Å². The summed E-state index contributed by atoms with van der Waals surface area (Å²) in [6.45, 7) is 2.75. The maximum Gasteiger partial charge on any atom is 0.329 e. The second-order valence-electron chi connectivity index (χ2n) is 5.43. The van der Waals surface area contributed by atoms with Crippen LogP contribution in [0, 0.1) is 0 Å².